The number of carbonyl (C=O) groups is 1. The molecule has 2 aromatic carbocycles. The molecule has 0 unspecified atom stereocenters. The molecule has 0 fully saturated rings. The molecule has 0 aliphatic carbocycles. The summed E-state index contributed by atoms with van der Waals surface area (Å²) in [6.07, 6.45) is 3.13. The molecule has 144 valence electrons. The highest BCUT2D eigenvalue weighted by atomic mass is 35.5. The van der Waals surface area contributed by atoms with E-state index in [1.807, 2.05) is 36.4 Å². The van der Waals surface area contributed by atoms with Crippen LogP contribution in [0.1, 0.15) is 22.5 Å². The molecule has 0 atom stereocenters. The fourth-order valence-electron chi connectivity index (χ4n) is 2.64. The maximum atomic E-state index is 12.4. The Bertz CT molecular complexity index is 935. The number of rotatable bonds is 8. The van der Waals surface area contributed by atoms with Crippen LogP contribution in [-0.2, 0) is 6.42 Å². The van der Waals surface area contributed by atoms with E-state index in [0.29, 0.717) is 12.3 Å². The number of halogens is 1. The molecule has 0 saturated heterocycles. The van der Waals surface area contributed by atoms with Crippen LogP contribution in [0.25, 0.3) is 0 Å². The second kappa shape index (κ2) is 9.71. The number of carbonyl (C=O) groups excluding carboxylic acids is 1. The van der Waals surface area contributed by atoms with Gasteiger partial charge in [-0.15, -0.1) is 0 Å². The normalized spacial score (nSPS) is 10.4. The smallest absolute Gasteiger partial charge is 0.271 e. The second-order valence-electron chi connectivity index (χ2n) is 6.09. The fourth-order valence-corrected chi connectivity index (χ4v) is 2.82. The van der Waals surface area contributed by atoms with E-state index < -0.39 is 0 Å². The summed E-state index contributed by atoms with van der Waals surface area (Å²) in [7, 11) is 1.60. The molecule has 0 aliphatic heterocycles. The third kappa shape index (κ3) is 5.44. The number of nitrogens with zero attached hydrogens (tertiary/aromatic N) is 2. The molecule has 0 bridgehead atoms. The minimum Gasteiger partial charge on any atom is -0.497 e. The molecule has 1 amide bonds. The van der Waals surface area contributed by atoms with Crippen LogP contribution in [0.5, 0.6) is 5.75 Å². The van der Waals surface area contributed by atoms with Crippen molar-refractivity contribution in [1.82, 2.24) is 15.3 Å². The van der Waals surface area contributed by atoms with Crippen LogP contribution in [0.4, 0.5) is 11.6 Å². The molecule has 2 N–H and O–H groups in total. The first-order valence-corrected chi connectivity index (χ1v) is 9.29. The van der Waals surface area contributed by atoms with E-state index in [1.54, 1.807) is 13.2 Å². The largest absolute Gasteiger partial charge is 0.497 e. The van der Waals surface area contributed by atoms with Gasteiger partial charge in [-0.1, -0.05) is 48.0 Å². The molecule has 28 heavy (non-hydrogen) atoms. The molecule has 1 heterocycles. The van der Waals surface area contributed by atoms with Gasteiger partial charge < -0.3 is 15.4 Å². The van der Waals surface area contributed by atoms with Crippen LogP contribution in [0.3, 0.4) is 0 Å². The lowest BCUT2D eigenvalue weighted by Crippen LogP contribution is -2.26. The van der Waals surface area contributed by atoms with Crippen LogP contribution >= 0.6 is 11.6 Å². The van der Waals surface area contributed by atoms with Crippen LogP contribution in [0.15, 0.2) is 60.8 Å². The van der Waals surface area contributed by atoms with Gasteiger partial charge in [-0.05, 0) is 30.5 Å². The van der Waals surface area contributed by atoms with Crippen molar-refractivity contribution in [3.8, 4) is 5.75 Å². The third-order valence-corrected chi connectivity index (χ3v) is 4.33. The predicted octanol–water partition coefficient (Wildman–Crippen LogP) is 4.24. The molecular formula is C21H21ClN4O2. The number of ether oxygens (including phenoxy) is 1. The number of benzene rings is 2. The summed E-state index contributed by atoms with van der Waals surface area (Å²) in [4.78, 5) is 20.8. The van der Waals surface area contributed by atoms with Crippen molar-refractivity contribution in [3.05, 3.63) is 77.1 Å². The number of amides is 1. The van der Waals surface area contributed by atoms with Crippen LogP contribution in [-0.4, -0.2) is 29.5 Å². The number of anilines is 2. The van der Waals surface area contributed by atoms with E-state index >= 15 is 0 Å². The van der Waals surface area contributed by atoms with E-state index in [2.05, 4.69) is 32.7 Å². The summed E-state index contributed by atoms with van der Waals surface area (Å²) in [5.74, 6) is 0.664. The number of hydrogen-bond donors (Lipinski definition) is 2. The Kier molecular flexibility index (Phi) is 6.81. The Labute approximate surface area is 168 Å². The van der Waals surface area contributed by atoms with Crippen molar-refractivity contribution < 1.29 is 9.53 Å². The minimum atomic E-state index is -0.325. The Balaban J connectivity index is 1.59. The molecule has 0 saturated carbocycles. The van der Waals surface area contributed by atoms with E-state index in [0.717, 1.165) is 18.5 Å². The standard InChI is InChI=1S/C21H21ClN4O2/c1-28-17-11-5-10-16(13-17)25-21-24-14-18(22)19(26-21)20(27)23-12-6-9-15-7-3-2-4-8-15/h2-5,7-8,10-11,13-14H,6,9,12H2,1H3,(H,23,27)(H,24,25,26). The Morgan fingerprint density at radius 2 is 1.96 bits per heavy atom. The van der Waals surface area contributed by atoms with Crippen molar-refractivity contribution >= 4 is 29.1 Å². The Morgan fingerprint density at radius 1 is 1.14 bits per heavy atom. The number of hydrogen-bond acceptors (Lipinski definition) is 5. The maximum Gasteiger partial charge on any atom is 0.271 e. The van der Waals surface area contributed by atoms with Crippen molar-refractivity contribution in [2.45, 2.75) is 12.8 Å². The Morgan fingerprint density at radius 3 is 2.75 bits per heavy atom. The van der Waals surface area contributed by atoms with Crippen molar-refractivity contribution in [3.63, 3.8) is 0 Å². The quantitative estimate of drug-likeness (QED) is 0.557. The molecule has 0 spiro atoms. The average Bonchev–Trinajstić information content (AvgIpc) is 2.73. The van der Waals surface area contributed by atoms with Gasteiger partial charge in [0, 0.05) is 18.3 Å². The van der Waals surface area contributed by atoms with Crippen molar-refractivity contribution in [1.29, 1.82) is 0 Å². The van der Waals surface area contributed by atoms with Crippen LogP contribution < -0.4 is 15.4 Å². The van der Waals surface area contributed by atoms with E-state index in [-0.39, 0.29) is 22.6 Å². The number of aromatic nitrogens is 2. The van der Waals surface area contributed by atoms with Gasteiger partial charge in [-0.3, -0.25) is 4.79 Å². The molecule has 1 aromatic heterocycles. The minimum absolute atomic E-state index is 0.141. The van der Waals surface area contributed by atoms with Gasteiger partial charge in [-0.2, -0.15) is 0 Å². The predicted molar refractivity (Wildman–Crippen MR) is 110 cm³/mol. The summed E-state index contributed by atoms with van der Waals surface area (Å²) in [5.41, 5.74) is 2.12. The first-order valence-electron chi connectivity index (χ1n) is 8.91. The maximum absolute atomic E-state index is 12.4. The molecule has 7 heteroatoms. The van der Waals surface area contributed by atoms with E-state index in [1.165, 1.54) is 11.8 Å². The van der Waals surface area contributed by atoms with Gasteiger partial charge in [0.15, 0.2) is 5.69 Å². The van der Waals surface area contributed by atoms with Crippen LogP contribution in [0, 0.1) is 0 Å². The lowest BCUT2D eigenvalue weighted by Gasteiger charge is -2.09. The summed E-state index contributed by atoms with van der Waals surface area (Å²) in [6, 6.07) is 17.5. The summed E-state index contributed by atoms with van der Waals surface area (Å²) in [6.45, 7) is 0.534. The van der Waals surface area contributed by atoms with Gasteiger partial charge in [0.1, 0.15) is 5.75 Å². The lowest BCUT2D eigenvalue weighted by molar-refractivity contribution is 0.0948. The zero-order valence-corrected chi connectivity index (χ0v) is 16.2. The number of aryl methyl sites for hydroxylation is 1. The third-order valence-electron chi connectivity index (χ3n) is 4.06. The molecule has 3 aromatic rings. The average molecular weight is 397 g/mol. The van der Waals surface area contributed by atoms with Gasteiger partial charge in [0.2, 0.25) is 5.95 Å². The zero-order valence-electron chi connectivity index (χ0n) is 15.5. The number of methoxy groups -OCH3 is 1. The second-order valence-corrected chi connectivity index (χ2v) is 6.50. The first-order chi connectivity index (χ1) is 13.7. The molecule has 3 rings (SSSR count). The molecule has 6 nitrogen and oxygen atoms in total. The highest BCUT2D eigenvalue weighted by Gasteiger charge is 2.14. The fraction of sp³-hybridized carbons (Fsp3) is 0.190. The summed E-state index contributed by atoms with van der Waals surface area (Å²) < 4.78 is 5.19. The highest BCUT2D eigenvalue weighted by molar-refractivity contribution is 6.33. The highest BCUT2D eigenvalue weighted by Crippen LogP contribution is 2.21. The first kappa shape index (κ1) is 19.6. The number of nitrogens with one attached hydrogen (secondary N) is 2. The van der Waals surface area contributed by atoms with Crippen molar-refractivity contribution in [2.24, 2.45) is 0 Å². The topological polar surface area (TPSA) is 76.1 Å². The summed E-state index contributed by atoms with van der Waals surface area (Å²) >= 11 is 6.12. The lowest BCUT2D eigenvalue weighted by atomic mass is 10.1. The van der Waals surface area contributed by atoms with Gasteiger partial charge in [-0.25, -0.2) is 9.97 Å². The SMILES string of the molecule is COc1cccc(Nc2ncc(Cl)c(C(=O)NCCCc3ccccc3)n2)c1. The molecule has 0 radical (unpaired) electrons. The summed E-state index contributed by atoms with van der Waals surface area (Å²) in [5, 5.41) is 6.11. The van der Waals surface area contributed by atoms with E-state index in [4.69, 9.17) is 16.3 Å². The monoisotopic (exact) mass is 396 g/mol. The molecule has 0 aliphatic rings. The van der Waals surface area contributed by atoms with Gasteiger partial charge in [0.05, 0.1) is 18.3 Å². The van der Waals surface area contributed by atoms with Crippen LogP contribution in [0.2, 0.25) is 5.02 Å². The van der Waals surface area contributed by atoms with Gasteiger partial charge in [0.25, 0.3) is 5.91 Å². The zero-order chi connectivity index (χ0) is 19.8. The molecular weight excluding hydrogens is 376 g/mol. The van der Waals surface area contributed by atoms with Gasteiger partial charge >= 0.3 is 0 Å². The van der Waals surface area contributed by atoms with E-state index in [9.17, 15) is 4.79 Å². The Hall–Kier alpha value is -3.12. The van der Waals surface area contributed by atoms with Crippen molar-refractivity contribution in [2.75, 3.05) is 19.0 Å².